The number of hydrogen-bond acceptors (Lipinski definition) is 3. The van der Waals surface area contributed by atoms with Crippen LogP contribution < -0.4 is 5.32 Å². The Morgan fingerprint density at radius 3 is 2.87 bits per heavy atom. The van der Waals surface area contributed by atoms with Gasteiger partial charge in [-0.1, -0.05) is 6.92 Å². The predicted octanol–water partition coefficient (Wildman–Crippen LogP) is 1.30. The summed E-state index contributed by atoms with van der Waals surface area (Å²) in [7, 11) is 0. The summed E-state index contributed by atoms with van der Waals surface area (Å²) in [6, 6.07) is 0.0836. The number of carbonyl (C=O) groups is 1. The quantitative estimate of drug-likeness (QED) is 0.770. The third kappa shape index (κ3) is 3.11. The molecule has 2 rings (SSSR count). The van der Waals surface area contributed by atoms with Gasteiger partial charge >= 0.3 is 0 Å². The van der Waals surface area contributed by atoms with E-state index in [-0.39, 0.29) is 6.04 Å². The van der Waals surface area contributed by atoms with Gasteiger partial charge in [-0.3, -0.25) is 10.1 Å². The van der Waals surface area contributed by atoms with Gasteiger partial charge in [0.1, 0.15) is 0 Å². The SMILES string of the molecule is CCCN(CC1CC1)C(=O)C1CSCN1. The maximum Gasteiger partial charge on any atom is 0.240 e. The van der Waals surface area contributed by atoms with Crippen molar-refractivity contribution in [2.75, 3.05) is 24.7 Å². The van der Waals surface area contributed by atoms with Crippen LogP contribution in [-0.2, 0) is 4.79 Å². The van der Waals surface area contributed by atoms with Crippen LogP contribution in [0.15, 0.2) is 0 Å². The monoisotopic (exact) mass is 228 g/mol. The number of thioether (sulfide) groups is 1. The summed E-state index contributed by atoms with van der Waals surface area (Å²) in [6.07, 6.45) is 3.71. The van der Waals surface area contributed by atoms with Crippen LogP contribution in [0.4, 0.5) is 0 Å². The molecular weight excluding hydrogens is 208 g/mol. The number of nitrogens with one attached hydrogen (secondary N) is 1. The fourth-order valence-electron chi connectivity index (χ4n) is 1.95. The van der Waals surface area contributed by atoms with Crippen molar-refractivity contribution in [3.05, 3.63) is 0 Å². The highest BCUT2D eigenvalue weighted by molar-refractivity contribution is 7.99. The molecular formula is C11H20N2OS. The Labute approximate surface area is 96.0 Å². The maximum absolute atomic E-state index is 12.1. The van der Waals surface area contributed by atoms with Crippen LogP contribution in [0.25, 0.3) is 0 Å². The first kappa shape index (κ1) is 11.3. The second-order valence-electron chi connectivity index (χ2n) is 4.50. The minimum Gasteiger partial charge on any atom is -0.341 e. The maximum atomic E-state index is 12.1. The van der Waals surface area contributed by atoms with Crippen LogP contribution in [0.3, 0.4) is 0 Å². The van der Waals surface area contributed by atoms with E-state index >= 15 is 0 Å². The van der Waals surface area contributed by atoms with Crippen LogP contribution in [0.2, 0.25) is 0 Å². The van der Waals surface area contributed by atoms with Gasteiger partial charge in [0.2, 0.25) is 5.91 Å². The standard InChI is InChI=1S/C11H20N2OS/c1-2-5-13(6-9-3-4-9)11(14)10-7-15-8-12-10/h9-10,12H,2-8H2,1H3. The molecule has 1 N–H and O–H groups in total. The van der Waals surface area contributed by atoms with E-state index in [9.17, 15) is 4.79 Å². The molecule has 1 saturated carbocycles. The van der Waals surface area contributed by atoms with Crippen molar-refractivity contribution in [3.8, 4) is 0 Å². The van der Waals surface area contributed by atoms with Crippen molar-refractivity contribution in [1.29, 1.82) is 0 Å². The van der Waals surface area contributed by atoms with Crippen LogP contribution in [0.1, 0.15) is 26.2 Å². The molecule has 1 amide bonds. The zero-order valence-corrected chi connectivity index (χ0v) is 10.2. The van der Waals surface area contributed by atoms with E-state index in [2.05, 4.69) is 17.1 Å². The first-order chi connectivity index (χ1) is 7.31. The first-order valence-corrected chi connectivity index (χ1v) is 7.06. The number of carbonyl (C=O) groups excluding carboxylic acids is 1. The van der Waals surface area contributed by atoms with Crippen LogP contribution in [0, 0.1) is 5.92 Å². The van der Waals surface area contributed by atoms with E-state index in [1.165, 1.54) is 12.8 Å². The smallest absolute Gasteiger partial charge is 0.240 e. The Bertz CT molecular complexity index is 225. The van der Waals surface area contributed by atoms with E-state index in [0.29, 0.717) is 5.91 Å². The molecule has 0 aromatic carbocycles. The Kier molecular flexibility index (Phi) is 3.92. The molecule has 86 valence electrons. The molecule has 1 aliphatic heterocycles. The molecule has 15 heavy (non-hydrogen) atoms. The average Bonchev–Trinajstić information content (AvgIpc) is 2.88. The summed E-state index contributed by atoms with van der Waals surface area (Å²) in [5.41, 5.74) is 0. The topological polar surface area (TPSA) is 32.3 Å². The van der Waals surface area contributed by atoms with E-state index < -0.39 is 0 Å². The zero-order valence-electron chi connectivity index (χ0n) is 9.37. The van der Waals surface area contributed by atoms with E-state index in [1.54, 1.807) is 0 Å². The molecule has 1 aliphatic carbocycles. The molecule has 0 spiro atoms. The van der Waals surface area contributed by atoms with Gasteiger partial charge < -0.3 is 4.90 Å². The molecule has 0 radical (unpaired) electrons. The second kappa shape index (κ2) is 5.21. The molecule has 3 nitrogen and oxygen atoms in total. The summed E-state index contributed by atoms with van der Waals surface area (Å²) in [4.78, 5) is 14.2. The highest BCUT2D eigenvalue weighted by atomic mass is 32.2. The molecule has 0 aromatic rings. The van der Waals surface area contributed by atoms with Crippen LogP contribution in [0.5, 0.6) is 0 Å². The molecule has 0 bridgehead atoms. The predicted molar refractivity (Wildman–Crippen MR) is 63.8 cm³/mol. The fourth-order valence-corrected chi connectivity index (χ4v) is 2.88. The zero-order chi connectivity index (χ0) is 10.7. The lowest BCUT2D eigenvalue weighted by Gasteiger charge is -2.25. The number of amides is 1. The van der Waals surface area contributed by atoms with Gasteiger partial charge in [-0.25, -0.2) is 0 Å². The molecule has 1 unspecified atom stereocenters. The number of hydrogen-bond donors (Lipinski definition) is 1. The Hall–Kier alpha value is -0.220. The normalized spacial score (nSPS) is 25.5. The van der Waals surface area contributed by atoms with Gasteiger partial charge in [0.05, 0.1) is 6.04 Å². The lowest BCUT2D eigenvalue weighted by atomic mass is 10.2. The van der Waals surface area contributed by atoms with E-state index in [1.807, 2.05) is 11.8 Å². The number of nitrogens with zero attached hydrogens (tertiary/aromatic N) is 1. The highest BCUT2D eigenvalue weighted by Gasteiger charge is 2.31. The first-order valence-electron chi connectivity index (χ1n) is 5.91. The minimum absolute atomic E-state index is 0.0836. The van der Waals surface area contributed by atoms with Crippen molar-refractivity contribution >= 4 is 17.7 Å². The van der Waals surface area contributed by atoms with Crippen molar-refractivity contribution in [2.24, 2.45) is 5.92 Å². The van der Waals surface area contributed by atoms with E-state index in [4.69, 9.17) is 0 Å². The summed E-state index contributed by atoms with van der Waals surface area (Å²) in [5.74, 6) is 3.01. The van der Waals surface area contributed by atoms with Gasteiger partial charge in [-0.05, 0) is 25.2 Å². The molecule has 2 fully saturated rings. The van der Waals surface area contributed by atoms with Crippen LogP contribution in [-0.4, -0.2) is 41.6 Å². The lowest BCUT2D eigenvalue weighted by Crippen LogP contribution is -2.46. The van der Waals surface area contributed by atoms with Crippen molar-refractivity contribution < 1.29 is 4.79 Å². The molecule has 1 heterocycles. The third-order valence-electron chi connectivity index (χ3n) is 3.00. The van der Waals surface area contributed by atoms with E-state index in [0.717, 1.165) is 37.1 Å². The molecule has 1 atom stereocenters. The third-order valence-corrected chi connectivity index (χ3v) is 3.93. The van der Waals surface area contributed by atoms with Gasteiger partial charge in [-0.2, -0.15) is 0 Å². The summed E-state index contributed by atoms with van der Waals surface area (Å²) in [6.45, 7) is 4.07. The highest BCUT2D eigenvalue weighted by Crippen LogP contribution is 2.30. The Morgan fingerprint density at radius 1 is 1.53 bits per heavy atom. The molecule has 0 aromatic heterocycles. The van der Waals surface area contributed by atoms with Gasteiger partial charge in [0, 0.05) is 24.7 Å². The lowest BCUT2D eigenvalue weighted by molar-refractivity contribution is -0.133. The summed E-state index contributed by atoms with van der Waals surface area (Å²) in [5, 5.41) is 3.26. The largest absolute Gasteiger partial charge is 0.341 e. The second-order valence-corrected chi connectivity index (χ2v) is 5.53. The summed E-state index contributed by atoms with van der Waals surface area (Å²) >= 11 is 1.82. The van der Waals surface area contributed by atoms with Crippen molar-refractivity contribution in [2.45, 2.75) is 32.2 Å². The Balaban J connectivity index is 1.86. The minimum atomic E-state index is 0.0836. The fraction of sp³-hybridized carbons (Fsp3) is 0.909. The average molecular weight is 228 g/mol. The van der Waals surface area contributed by atoms with Gasteiger partial charge in [-0.15, -0.1) is 11.8 Å². The van der Waals surface area contributed by atoms with Crippen molar-refractivity contribution in [3.63, 3.8) is 0 Å². The van der Waals surface area contributed by atoms with Crippen molar-refractivity contribution in [1.82, 2.24) is 10.2 Å². The Morgan fingerprint density at radius 2 is 2.33 bits per heavy atom. The molecule has 1 saturated heterocycles. The summed E-state index contributed by atoms with van der Waals surface area (Å²) < 4.78 is 0. The number of rotatable bonds is 5. The molecule has 2 aliphatic rings. The molecule has 4 heteroatoms. The van der Waals surface area contributed by atoms with Gasteiger partial charge in [0.15, 0.2) is 0 Å². The van der Waals surface area contributed by atoms with Crippen LogP contribution >= 0.6 is 11.8 Å². The van der Waals surface area contributed by atoms with Gasteiger partial charge in [0.25, 0.3) is 0 Å².